The predicted octanol–water partition coefficient (Wildman–Crippen LogP) is 0.522. The standard InChI is InChI=1S/C10H18N4O2/c1-4-11-7(3)6-8-12-9(14-13-8)10(15)16-5-2/h7,11H,4-6H2,1-3H3,(H,12,13,14). The van der Waals surface area contributed by atoms with E-state index in [4.69, 9.17) is 4.74 Å². The Hall–Kier alpha value is -1.43. The molecule has 1 aromatic heterocycles. The SMILES string of the molecule is CCNC(C)Cc1nc(C(=O)OCC)n[nH]1. The number of rotatable bonds is 6. The maximum Gasteiger partial charge on any atom is 0.378 e. The highest BCUT2D eigenvalue weighted by Gasteiger charge is 2.14. The minimum Gasteiger partial charge on any atom is -0.460 e. The minimum absolute atomic E-state index is 0.0977. The Balaban J connectivity index is 2.54. The Morgan fingerprint density at radius 3 is 2.94 bits per heavy atom. The molecule has 0 aliphatic rings. The molecule has 2 N–H and O–H groups in total. The van der Waals surface area contributed by atoms with Crippen molar-refractivity contribution in [2.24, 2.45) is 0 Å². The third-order valence-corrected chi connectivity index (χ3v) is 2.04. The number of ether oxygens (including phenoxy) is 1. The average molecular weight is 226 g/mol. The van der Waals surface area contributed by atoms with Crippen molar-refractivity contribution in [2.75, 3.05) is 13.2 Å². The van der Waals surface area contributed by atoms with Gasteiger partial charge < -0.3 is 10.1 Å². The van der Waals surface area contributed by atoms with Crippen LogP contribution in [0.3, 0.4) is 0 Å². The van der Waals surface area contributed by atoms with Crippen LogP contribution >= 0.6 is 0 Å². The lowest BCUT2D eigenvalue weighted by Crippen LogP contribution is -2.28. The zero-order chi connectivity index (χ0) is 12.0. The summed E-state index contributed by atoms with van der Waals surface area (Å²) in [6.45, 7) is 7.08. The number of nitrogens with zero attached hydrogens (tertiary/aromatic N) is 2. The quantitative estimate of drug-likeness (QED) is 0.691. The normalized spacial score (nSPS) is 12.4. The van der Waals surface area contributed by atoms with E-state index in [1.165, 1.54) is 0 Å². The van der Waals surface area contributed by atoms with Crippen molar-refractivity contribution in [3.63, 3.8) is 0 Å². The van der Waals surface area contributed by atoms with Crippen molar-refractivity contribution < 1.29 is 9.53 Å². The molecule has 0 aromatic carbocycles. The van der Waals surface area contributed by atoms with E-state index in [1.54, 1.807) is 6.92 Å². The van der Waals surface area contributed by atoms with Crippen molar-refractivity contribution in [2.45, 2.75) is 33.2 Å². The number of hydrogen-bond donors (Lipinski definition) is 2. The van der Waals surface area contributed by atoms with Gasteiger partial charge in [-0.05, 0) is 20.4 Å². The fourth-order valence-corrected chi connectivity index (χ4v) is 1.38. The van der Waals surface area contributed by atoms with Gasteiger partial charge in [-0.1, -0.05) is 6.92 Å². The predicted molar refractivity (Wildman–Crippen MR) is 59.2 cm³/mol. The van der Waals surface area contributed by atoms with Crippen molar-refractivity contribution >= 4 is 5.97 Å². The number of aromatic nitrogens is 3. The molecule has 6 heteroatoms. The zero-order valence-electron chi connectivity index (χ0n) is 9.91. The number of aromatic amines is 1. The van der Waals surface area contributed by atoms with Gasteiger partial charge in [-0.15, -0.1) is 5.10 Å². The van der Waals surface area contributed by atoms with Crippen LogP contribution in [0.4, 0.5) is 0 Å². The summed E-state index contributed by atoms with van der Waals surface area (Å²) in [6.07, 6.45) is 0.709. The van der Waals surface area contributed by atoms with Gasteiger partial charge in [0.15, 0.2) is 0 Å². The van der Waals surface area contributed by atoms with Crippen LogP contribution in [-0.4, -0.2) is 40.3 Å². The van der Waals surface area contributed by atoms with Crippen molar-refractivity contribution in [1.82, 2.24) is 20.5 Å². The fourth-order valence-electron chi connectivity index (χ4n) is 1.38. The molecule has 0 saturated carbocycles. The van der Waals surface area contributed by atoms with Crippen LogP contribution in [0.1, 0.15) is 37.2 Å². The van der Waals surface area contributed by atoms with Crippen molar-refractivity contribution in [1.29, 1.82) is 0 Å². The van der Waals surface area contributed by atoms with Gasteiger partial charge in [-0.3, -0.25) is 5.10 Å². The van der Waals surface area contributed by atoms with Gasteiger partial charge in [-0.25, -0.2) is 9.78 Å². The molecular weight excluding hydrogens is 208 g/mol. The summed E-state index contributed by atoms with van der Waals surface area (Å²) in [7, 11) is 0. The van der Waals surface area contributed by atoms with Crippen LogP contribution in [0.2, 0.25) is 0 Å². The van der Waals surface area contributed by atoms with E-state index in [2.05, 4.69) is 27.4 Å². The van der Waals surface area contributed by atoms with Crippen LogP contribution in [-0.2, 0) is 11.2 Å². The fraction of sp³-hybridized carbons (Fsp3) is 0.700. The average Bonchev–Trinajstić information content (AvgIpc) is 2.67. The molecule has 1 heterocycles. The number of hydrogen-bond acceptors (Lipinski definition) is 5. The molecule has 0 amide bonds. The topological polar surface area (TPSA) is 79.9 Å². The largest absolute Gasteiger partial charge is 0.460 e. The molecule has 0 spiro atoms. The Bertz CT molecular complexity index is 337. The Morgan fingerprint density at radius 1 is 1.56 bits per heavy atom. The summed E-state index contributed by atoms with van der Waals surface area (Å²) in [5.41, 5.74) is 0. The lowest BCUT2D eigenvalue weighted by atomic mass is 10.2. The summed E-state index contributed by atoms with van der Waals surface area (Å²) in [5.74, 6) is 0.304. The highest BCUT2D eigenvalue weighted by atomic mass is 16.5. The number of carbonyl (C=O) groups excluding carboxylic acids is 1. The highest BCUT2D eigenvalue weighted by molar-refractivity contribution is 5.84. The van der Waals surface area contributed by atoms with Gasteiger partial charge in [-0.2, -0.15) is 0 Å². The van der Waals surface area contributed by atoms with Gasteiger partial charge in [0.2, 0.25) is 0 Å². The van der Waals surface area contributed by atoms with Gasteiger partial charge in [0.1, 0.15) is 5.82 Å². The molecule has 1 rings (SSSR count). The van der Waals surface area contributed by atoms with E-state index in [1.807, 2.05) is 6.92 Å². The second kappa shape index (κ2) is 6.22. The first-order valence-electron chi connectivity index (χ1n) is 5.49. The molecule has 0 aliphatic carbocycles. The van der Waals surface area contributed by atoms with Crippen LogP contribution < -0.4 is 5.32 Å². The lowest BCUT2D eigenvalue weighted by Gasteiger charge is -2.08. The molecule has 0 radical (unpaired) electrons. The third kappa shape index (κ3) is 3.62. The van der Waals surface area contributed by atoms with Gasteiger partial charge in [0.05, 0.1) is 6.61 Å². The second-order valence-corrected chi connectivity index (χ2v) is 3.49. The summed E-state index contributed by atoms with van der Waals surface area (Å²) in [5, 5.41) is 9.80. The molecule has 1 atom stereocenters. The van der Waals surface area contributed by atoms with Crippen molar-refractivity contribution in [3.8, 4) is 0 Å². The van der Waals surface area contributed by atoms with Crippen LogP contribution in [0.25, 0.3) is 0 Å². The number of likely N-dealkylation sites (N-methyl/N-ethyl adjacent to an activating group) is 1. The van der Waals surface area contributed by atoms with E-state index in [0.29, 0.717) is 24.9 Å². The maximum absolute atomic E-state index is 11.3. The number of esters is 1. The van der Waals surface area contributed by atoms with Crippen LogP contribution in [0.15, 0.2) is 0 Å². The van der Waals surface area contributed by atoms with E-state index in [-0.39, 0.29) is 5.82 Å². The first-order chi connectivity index (χ1) is 7.67. The molecule has 0 saturated heterocycles. The maximum atomic E-state index is 11.3. The molecule has 90 valence electrons. The van der Waals surface area contributed by atoms with Gasteiger partial charge in [0.25, 0.3) is 5.82 Å². The van der Waals surface area contributed by atoms with Crippen LogP contribution in [0, 0.1) is 0 Å². The first kappa shape index (κ1) is 12.6. The van der Waals surface area contributed by atoms with E-state index in [9.17, 15) is 4.79 Å². The smallest absolute Gasteiger partial charge is 0.378 e. The molecule has 1 aromatic rings. The van der Waals surface area contributed by atoms with E-state index in [0.717, 1.165) is 6.54 Å². The van der Waals surface area contributed by atoms with Gasteiger partial charge >= 0.3 is 5.97 Å². The lowest BCUT2D eigenvalue weighted by molar-refractivity contribution is 0.0512. The molecule has 1 unspecified atom stereocenters. The van der Waals surface area contributed by atoms with Crippen LogP contribution in [0.5, 0.6) is 0 Å². The summed E-state index contributed by atoms with van der Waals surface area (Å²) >= 11 is 0. The van der Waals surface area contributed by atoms with E-state index < -0.39 is 5.97 Å². The Morgan fingerprint density at radius 2 is 2.31 bits per heavy atom. The highest BCUT2D eigenvalue weighted by Crippen LogP contribution is 1.99. The second-order valence-electron chi connectivity index (χ2n) is 3.49. The Kier molecular flexibility index (Phi) is 4.91. The molecule has 16 heavy (non-hydrogen) atoms. The number of H-pyrrole nitrogens is 1. The number of carbonyl (C=O) groups is 1. The summed E-state index contributed by atoms with van der Waals surface area (Å²) < 4.78 is 4.79. The summed E-state index contributed by atoms with van der Waals surface area (Å²) in [4.78, 5) is 15.4. The molecule has 0 aliphatic heterocycles. The van der Waals surface area contributed by atoms with Gasteiger partial charge in [0, 0.05) is 12.5 Å². The Labute approximate surface area is 94.8 Å². The minimum atomic E-state index is -0.485. The molecule has 0 fully saturated rings. The monoisotopic (exact) mass is 226 g/mol. The molecule has 6 nitrogen and oxygen atoms in total. The molecule has 0 bridgehead atoms. The first-order valence-corrected chi connectivity index (χ1v) is 5.49. The molecular formula is C10H18N4O2. The summed E-state index contributed by atoms with van der Waals surface area (Å²) in [6, 6.07) is 0.299. The van der Waals surface area contributed by atoms with E-state index >= 15 is 0 Å². The number of nitrogens with one attached hydrogen (secondary N) is 2. The van der Waals surface area contributed by atoms with Crippen molar-refractivity contribution in [3.05, 3.63) is 11.6 Å². The third-order valence-electron chi connectivity index (χ3n) is 2.04. The zero-order valence-corrected chi connectivity index (χ0v) is 9.91.